The number of hydrogen-bond donors (Lipinski definition) is 0. The van der Waals surface area contributed by atoms with Crippen molar-refractivity contribution in [3.8, 4) is 5.75 Å². The normalized spacial score (nSPS) is 11.8. The molecule has 8 heteroatoms. The van der Waals surface area contributed by atoms with Gasteiger partial charge < -0.3 is 19.1 Å². The summed E-state index contributed by atoms with van der Waals surface area (Å²) in [6, 6.07) is 14.1. The highest BCUT2D eigenvalue weighted by Crippen LogP contribution is 2.24. The Kier molecular flexibility index (Phi) is 10.1. The third-order valence-electron chi connectivity index (χ3n) is 5.84. The Morgan fingerprint density at radius 1 is 1.00 bits per heavy atom. The van der Waals surface area contributed by atoms with Gasteiger partial charge in [-0.15, -0.1) is 0 Å². The second kappa shape index (κ2) is 13.2. The van der Waals surface area contributed by atoms with Gasteiger partial charge in [-0.25, -0.2) is 4.79 Å². The van der Waals surface area contributed by atoms with Crippen LogP contribution in [-0.2, 0) is 14.3 Å². The maximum absolute atomic E-state index is 13.2. The van der Waals surface area contributed by atoms with Crippen molar-refractivity contribution in [1.29, 1.82) is 0 Å². The Morgan fingerprint density at radius 2 is 1.69 bits per heavy atom. The zero-order chi connectivity index (χ0) is 28.6. The molecule has 0 aliphatic carbocycles. The number of aromatic nitrogens is 1. The number of nitrogens with zero attached hydrogens (tertiary/aromatic N) is 2. The van der Waals surface area contributed by atoms with Gasteiger partial charge >= 0.3 is 6.09 Å². The van der Waals surface area contributed by atoms with Gasteiger partial charge in [0.05, 0.1) is 18.7 Å². The van der Waals surface area contributed by atoms with Gasteiger partial charge in [-0.05, 0) is 78.0 Å². The molecule has 0 spiro atoms. The molecular weight excluding hydrogens is 496 g/mol. The molecular formula is C31H38N2O6. The summed E-state index contributed by atoms with van der Waals surface area (Å²) in [5, 5.41) is 0.808. The number of benzene rings is 2. The smallest absolute Gasteiger partial charge is 0.419 e. The van der Waals surface area contributed by atoms with Crippen LogP contribution in [0.5, 0.6) is 5.75 Å². The molecule has 1 amide bonds. The van der Waals surface area contributed by atoms with Crippen LogP contribution >= 0.6 is 0 Å². The van der Waals surface area contributed by atoms with E-state index < -0.39 is 11.7 Å². The second-order valence-corrected chi connectivity index (χ2v) is 10.3. The number of fused-ring (bicyclic) bond motifs is 1. The SMILES string of the molecule is CCOCCOc1ccc(C(=O)CN(C(=O)/C=C/c2cn(C(=O)OC(C)(C)C)c3ccccc23)C(C)C)cc1. The standard InChI is InChI=1S/C31H38N2O6/c1-7-37-18-19-38-25-15-12-23(13-16-25)28(34)21-32(22(2)3)29(35)17-14-24-20-33(30(36)39-31(4,5)6)27-11-9-8-10-26(24)27/h8-17,20,22H,7,18-19,21H2,1-6H3/b17-14+. The molecule has 1 heterocycles. The Hall–Kier alpha value is -3.91. The fraction of sp³-hybridized carbons (Fsp3) is 0.387. The first-order valence-electron chi connectivity index (χ1n) is 13.2. The summed E-state index contributed by atoms with van der Waals surface area (Å²) >= 11 is 0. The summed E-state index contributed by atoms with van der Waals surface area (Å²) in [4.78, 5) is 40.4. The van der Waals surface area contributed by atoms with Crippen LogP contribution in [0.3, 0.4) is 0 Å². The quantitative estimate of drug-likeness (QED) is 0.171. The van der Waals surface area contributed by atoms with Gasteiger partial charge in [-0.3, -0.25) is 14.2 Å². The number of ketones is 1. The number of carbonyl (C=O) groups excluding carboxylic acids is 3. The lowest BCUT2D eigenvalue weighted by Crippen LogP contribution is -2.39. The zero-order valence-electron chi connectivity index (χ0n) is 23.6. The van der Waals surface area contributed by atoms with Gasteiger partial charge in [0.1, 0.15) is 18.0 Å². The van der Waals surface area contributed by atoms with Crippen LogP contribution in [0.2, 0.25) is 0 Å². The van der Waals surface area contributed by atoms with Crippen molar-refractivity contribution < 1.29 is 28.6 Å². The summed E-state index contributed by atoms with van der Waals surface area (Å²) < 4.78 is 17.8. The molecule has 2 aromatic carbocycles. The lowest BCUT2D eigenvalue weighted by molar-refractivity contribution is -0.127. The van der Waals surface area contributed by atoms with E-state index in [1.165, 1.54) is 15.5 Å². The highest BCUT2D eigenvalue weighted by atomic mass is 16.6. The molecule has 0 bridgehead atoms. The summed E-state index contributed by atoms with van der Waals surface area (Å²) in [7, 11) is 0. The third-order valence-corrected chi connectivity index (χ3v) is 5.84. The Bertz CT molecular complexity index is 1320. The lowest BCUT2D eigenvalue weighted by Gasteiger charge is -2.24. The Balaban J connectivity index is 1.73. The van der Waals surface area contributed by atoms with Crippen LogP contribution in [0.25, 0.3) is 17.0 Å². The molecule has 0 saturated heterocycles. The fourth-order valence-electron chi connectivity index (χ4n) is 3.92. The molecule has 0 saturated carbocycles. The van der Waals surface area contributed by atoms with Crippen molar-refractivity contribution in [2.45, 2.75) is 53.2 Å². The first-order chi connectivity index (χ1) is 18.5. The molecule has 3 aromatic rings. The lowest BCUT2D eigenvalue weighted by atomic mass is 10.1. The zero-order valence-corrected chi connectivity index (χ0v) is 23.6. The average molecular weight is 535 g/mol. The number of ether oxygens (including phenoxy) is 3. The van der Waals surface area contributed by atoms with Crippen molar-refractivity contribution >= 4 is 34.8 Å². The van der Waals surface area contributed by atoms with Crippen LogP contribution in [0, 0.1) is 0 Å². The van der Waals surface area contributed by atoms with E-state index in [4.69, 9.17) is 14.2 Å². The van der Waals surface area contributed by atoms with Gasteiger partial charge in [0.2, 0.25) is 5.91 Å². The molecule has 8 nitrogen and oxygen atoms in total. The first-order valence-corrected chi connectivity index (χ1v) is 13.2. The summed E-state index contributed by atoms with van der Waals surface area (Å²) in [5.41, 5.74) is 1.23. The Labute approximate surface area is 230 Å². The first kappa shape index (κ1) is 29.6. The van der Waals surface area contributed by atoms with Crippen molar-refractivity contribution in [1.82, 2.24) is 9.47 Å². The van der Waals surface area contributed by atoms with Gasteiger partial charge in [0.15, 0.2) is 5.78 Å². The largest absolute Gasteiger partial charge is 0.491 e. The Morgan fingerprint density at radius 3 is 2.33 bits per heavy atom. The fourth-order valence-corrected chi connectivity index (χ4v) is 3.92. The van der Waals surface area contributed by atoms with E-state index in [9.17, 15) is 14.4 Å². The van der Waals surface area contributed by atoms with E-state index in [-0.39, 0.29) is 24.3 Å². The second-order valence-electron chi connectivity index (χ2n) is 10.3. The van der Waals surface area contributed by atoms with E-state index in [2.05, 4.69) is 0 Å². The van der Waals surface area contributed by atoms with Crippen molar-refractivity contribution in [3.63, 3.8) is 0 Å². The number of carbonyl (C=O) groups is 3. The van der Waals surface area contributed by atoms with Gasteiger partial charge in [-0.2, -0.15) is 0 Å². The molecule has 0 aliphatic rings. The minimum Gasteiger partial charge on any atom is -0.491 e. The van der Waals surface area contributed by atoms with E-state index >= 15 is 0 Å². The molecule has 208 valence electrons. The number of hydrogen-bond acceptors (Lipinski definition) is 6. The van der Waals surface area contributed by atoms with Gasteiger partial charge in [-0.1, -0.05) is 18.2 Å². The number of rotatable bonds is 11. The average Bonchev–Trinajstić information content (AvgIpc) is 3.26. The molecule has 0 aliphatic heterocycles. The van der Waals surface area contributed by atoms with Crippen LogP contribution in [0.4, 0.5) is 4.79 Å². The monoisotopic (exact) mass is 534 g/mol. The minimum atomic E-state index is -0.643. The van der Waals surface area contributed by atoms with Gasteiger partial charge in [0, 0.05) is 41.4 Å². The van der Waals surface area contributed by atoms with Crippen LogP contribution in [0.15, 0.2) is 60.8 Å². The minimum absolute atomic E-state index is 0.0644. The number of amides is 1. The maximum Gasteiger partial charge on any atom is 0.419 e. The van der Waals surface area contributed by atoms with Crippen LogP contribution in [0.1, 0.15) is 57.5 Å². The van der Waals surface area contributed by atoms with Crippen LogP contribution < -0.4 is 4.74 Å². The molecule has 0 atom stereocenters. The molecule has 0 unspecified atom stereocenters. The van der Waals surface area contributed by atoms with Crippen LogP contribution in [-0.4, -0.2) is 65.3 Å². The topological polar surface area (TPSA) is 87.1 Å². The number of Topliss-reactive ketones (excluding diaryl/α,β-unsaturated/α-hetero) is 1. The van der Waals surface area contributed by atoms with E-state index in [1.54, 1.807) is 36.5 Å². The summed E-state index contributed by atoms with van der Waals surface area (Å²) in [6.45, 7) is 12.6. The molecule has 39 heavy (non-hydrogen) atoms. The third kappa shape index (κ3) is 8.29. The molecule has 1 aromatic heterocycles. The predicted octanol–water partition coefficient (Wildman–Crippen LogP) is 5.97. The molecule has 0 fully saturated rings. The summed E-state index contributed by atoms with van der Waals surface area (Å²) in [6.07, 6.45) is 4.26. The van der Waals surface area contributed by atoms with E-state index in [1.807, 2.05) is 65.8 Å². The number of para-hydroxylation sites is 1. The molecule has 0 radical (unpaired) electrons. The van der Waals surface area contributed by atoms with Crippen molar-refractivity contribution in [3.05, 3.63) is 71.9 Å². The highest BCUT2D eigenvalue weighted by Gasteiger charge is 2.22. The summed E-state index contributed by atoms with van der Waals surface area (Å²) in [5.74, 6) is 0.174. The highest BCUT2D eigenvalue weighted by molar-refractivity contribution is 6.03. The van der Waals surface area contributed by atoms with E-state index in [0.717, 1.165) is 5.39 Å². The van der Waals surface area contributed by atoms with Gasteiger partial charge in [0.25, 0.3) is 0 Å². The molecule has 0 N–H and O–H groups in total. The maximum atomic E-state index is 13.2. The molecule has 3 rings (SSSR count). The van der Waals surface area contributed by atoms with Crippen molar-refractivity contribution in [2.75, 3.05) is 26.4 Å². The van der Waals surface area contributed by atoms with E-state index in [0.29, 0.717) is 42.2 Å². The van der Waals surface area contributed by atoms with Crippen molar-refractivity contribution in [2.24, 2.45) is 0 Å². The predicted molar refractivity (Wildman–Crippen MR) is 152 cm³/mol.